The van der Waals surface area contributed by atoms with Gasteiger partial charge in [-0.2, -0.15) is 0 Å². The Labute approximate surface area is 134 Å². The first kappa shape index (κ1) is 16.8. The predicted molar refractivity (Wildman–Crippen MR) is 85.8 cm³/mol. The van der Waals surface area contributed by atoms with Gasteiger partial charge in [-0.15, -0.1) is 0 Å². The number of ether oxygens (including phenoxy) is 1. The van der Waals surface area contributed by atoms with Crippen molar-refractivity contribution in [1.29, 1.82) is 0 Å². The zero-order chi connectivity index (χ0) is 16.5. The lowest BCUT2D eigenvalue weighted by Gasteiger charge is -2.19. The van der Waals surface area contributed by atoms with Crippen molar-refractivity contribution in [2.75, 3.05) is 13.6 Å². The average molecular weight is 320 g/mol. The van der Waals surface area contributed by atoms with E-state index in [9.17, 15) is 4.39 Å². The number of aromatic nitrogens is 1. The van der Waals surface area contributed by atoms with Gasteiger partial charge in [-0.05, 0) is 18.6 Å². The Morgan fingerprint density at radius 2 is 2.26 bits per heavy atom. The van der Waals surface area contributed by atoms with Crippen LogP contribution in [0, 0.1) is 5.82 Å². The fourth-order valence-corrected chi connectivity index (χ4v) is 1.94. The zero-order valence-corrected chi connectivity index (χ0v) is 13.3. The highest BCUT2D eigenvalue weighted by Crippen LogP contribution is 2.14. The quantitative estimate of drug-likeness (QED) is 0.605. The Morgan fingerprint density at radius 1 is 1.39 bits per heavy atom. The van der Waals surface area contributed by atoms with Gasteiger partial charge in [-0.1, -0.05) is 18.1 Å². The van der Waals surface area contributed by atoms with Crippen LogP contribution in [0.25, 0.3) is 0 Å². The Morgan fingerprint density at radius 3 is 2.91 bits per heavy atom. The number of hydrogen-bond donors (Lipinski definition) is 2. The molecule has 1 heterocycles. The van der Waals surface area contributed by atoms with E-state index in [-0.39, 0.29) is 11.9 Å². The van der Waals surface area contributed by atoms with Gasteiger partial charge >= 0.3 is 0 Å². The molecule has 124 valence electrons. The second kappa shape index (κ2) is 8.77. The molecule has 0 fully saturated rings. The molecule has 2 aromatic rings. The Kier molecular flexibility index (Phi) is 6.40. The summed E-state index contributed by atoms with van der Waals surface area (Å²) in [6, 6.07) is 7.91. The van der Waals surface area contributed by atoms with Crippen LogP contribution in [-0.4, -0.2) is 30.8 Å². The summed E-state index contributed by atoms with van der Waals surface area (Å²) < 4.78 is 23.7. The maximum atomic E-state index is 13.2. The molecule has 7 heteroatoms. The van der Waals surface area contributed by atoms with E-state index in [1.807, 2.05) is 6.92 Å². The predicted octanol–water partition coefficient (Wildman–Crippen LogP) is 2.34. The Balaban J connectivity index is 1.81. The third-order valence-electron chi connectivity index (χ3n) is 3.20. The zero-order valence-electron chi connectivity index (χ0n) is 13.3. The number of halogens is 1. The van der Waals surface area contributed by atoms with E-state index in [1.54, 1.807) is 25.2 Å². The second-order valence-electron chi connectivity index (χ2n) is 4.90. The van der Waals surface area contributed by atoms with Gasteiger partial charge in [0.1, 0.15) is 29.6 Å². The van der Waals surface area contributed by atoms with E-state index < -0.39 is 0 Å². The molecule has 0 aliphatic carbocycles. The maximum absolute atomic E-state index is 13.2. The lowest BCUT2D eigenvalue weighted by molar-refractivity contribution is 0.198. The number of hydrogen-bond acceptors (Lipinski definition) is 4. The summed E-state index contributed by atoms with van der Waals surface area (Å²) >= 11 is 0. The molecule has 0 aliphatic rings. The second-order valence-corrected chi connectivity index (χ2v) is 4.90. The minimum atomic E-state index is -0.310. The molecular weight excluding hydrogens is 299 g/mol. The number of nitrogens with one attached hydrogen (secondary N) is 2. The summed E-state index contributed by atoms with van der Waals surface area (Å²) in [5.41, 5.74) is 0.788. The first-order valence-electron chi connectivity index (χ1n) is 7.47. The molecule has 1 atom stereocenters. The van der Waals surface area contributed by atoms with Gasteiger partial charge in [0.2, 0.25) is 0 Å². The summed E-state index contributed by atoms with van der Waals surface area (Å²) in [6.07, 6.45) is 2.21. The van der Waals surface area contributed by atoms with Gasteiger partial charge in [-0.3, -0.25) is 4.99 Å². The Hall–Kier alpha value is -2.57. The first-order valence-corrected chi connectivity index (χ1v) is 7.47. The van der Waals surface area contributed by atoms with E-state index in [0.29, 0.717) is 24.8 Å². The highest BCUT2D eigenvalue weighted by molar-refractivity contribution is 5.79. The third-order valence-corrected chi connectivity index (χ3v) is 3.20. The van der Waals surface area contributed by atoms with Crippen molar-refractivity contribution in [1.82, 2.24) is 15.8 Å². The van der Waals surface area contributed by atoms with Crippen molar-refractivity contribution in [2.45, 2.75) is 26.0 Å². The molecule has 0 saturated carbocycles. The van der Waals surface area contributed by atoms with Gasteiger partial charge in [0.15, 0.2) is 5.96 Å². The van der Waals surface area contributed by atoms with Crippen molar-refractivity contribution in [2.24, 2.45) is 4.99 Å². The summed E-state index contributed by atoms with van der Waals surface area (Å²) in [5, 5.41) is 10.1. The van der Waals surface area contributed by atoms with Crippen LogP contribution in [0.1, 0.15) is 19.0 Å². The average Bonchev–Trinajstić information content (AvgIpc) is 3.07. The smallest absolute Gasteiger partial charge is 0.191 e. The van der Waals surface area contributed by atoms with Crippen molar-refractivity contribution < 1.29 is 13.7 Å². The van der Waals surface area contributed by atoms with Crippen LogP contribution in [0.4, 0.5) is 4.39 Å². The number of aliphatic imine (C=N–C) groups is 1. The lowest BCUT2D eigenvalue weighted by Crippen LogP contribution is -2.42. The number of rotatable bonds is 7. The van der Waals surface area contributed by atoms with Crippen LogP contribution < -0.4 is 15.4 Å². The summed E-state index contributed by atoms with van der Waals surface area (Å²) in [7, 11) is 1.69. The van der Waals surface area contributed by atoms with Crippen LogP contribution in [0.15, 0.2) is 46.1 Å². The molecule has 0 spiro atoms. The molecule has 0 bridgehead atoms. The van der Waals surface area contributed by atoms with Crippen molar-refractivity contribution >= 4 is 5.96 Å². The van der Waals surface area contributed by atoms with Crippen molar-refractivity contribution in [3.05, 3.63) is 48.1 Å². The van der Waals surface area contributed by atoms with Gasteiger partial charge in [0, 0.05) is 19.2 Å². The molecule has 6 nitrogen and oxygen atoms in total. The SMILES string of the molecule is CCC(CNC(=NC)NCc1ccon1)Oc1cccc(F)c1. The molecule has 1 aromatic heterocycles. The topological polar surface area (TPSA) is 71.7 Å². The summed E-state index contributed by atoms with van der Waals surface area (Å²) in [4.78, 5) is 4.14. The standard InChI is InChI=1S/C16H21FN4O2/c1-3-14(23-15-6-4-5-12(17)9-15)11-20-16(18-2)19-10-13-7-8-22-21-13/h4-9,14H,3,10-11H2,1-2H3,(H2,18,19,20). The van der Waals surface area contributed by atoms with Crippen LogP contribution in [0.2, 0.25) is 0 Å². The van der Waals surface area contributed by atoms with E-state index in [2.05, 4.69) is 20.8 Å². The molecule has 1 aromatic carbocycles. The van der Waals surface area contributed by atoms with Crippen LogP contribution in [0.5, 0.6) is 5.75 Å². The van der Waals surface area contributed by atoms with E-state index in [4.69, 9.17) is 9.26 Å². The highest BCUT2D eigenvalue weighted by Gasteiger charge is 2.10. The van der Waals surface area contributed by atoms with Crippen molar-refractivity contribution in [3.8, 4) is 5.75 Å². The van der Waals surface area contributed by atoms with Gasteiger partial charge in [0.25, 0.3) is 0 Å². The molecule has 23 heavy (non-hydrogen) atoms. The Bertz CT molecular complexity index is 616. The largest absolute Gasteiger partial charge is 0.489 e. The van der Waals surface area contributed by atoms with Crippen LogP contribution in [-0.2, 0) is 6.54 Å². The minimum Gasteiger partial charge on any atom is -0.489 e. The molecule has 2 rings (SSSR count). The third kappa shape index (κ3) is 5.61. The van der Waals surface area contributed by atoms with Crippen LogP contribution >= 0.6 is 0 Å². The molecule has 0 radical (unpaired) electrons. The summed E-state index contributed by atoms with van der Waals surface area (Å²) in [6.45, 7) is 3.07. The molecule has 2 N–H and O–H groups in total. The fraction of sp³-hybridized carbons (Fsp3) is 0.375. The normalized spacial score (nSPS) is 12.7. The van der Waals surface area contributed by atoms with Gasteiger partial charge < -0.3 is 19.9 Å². The summed E-state index contributed by atoms with van der Waals surface area (Å²) in [5.74, 6) is 0.842. The molecule has 0 aliphatic heterocycles. The number of nitrogens with zero attached hydrogens (tertiary/aromatic N) is 2. The monoisotopic (exact) mass is 320 g/mol. The van der Waals surface area contributed by atoms with Crippen LogP contribution in [0.3, 0.4) is 0 Å². The van der Waals surface area contributed by atoms with E-state index >= 15 is 0 Å². The van der Waals surface area contributed by atoms with Gasteiger partial charge in [0.05, 0.1) is 13.1 Å². The number of benzene rings is 1. The van der Waals surface area contributed by atoms with E-state index in [1.165, 1.54) is 18.4 Å². The lowest BCUT2D eigenvalue weighted by atomic mass is 10.2. The molecular formula is C16H21FN4O2. The maximum Gasteiger partial charge on any atom is 0.191 e. The fourth-order valence-electron chi connectivity index (χ4n) is 1.94. The molecule has 0 amide bonds. The highest BCUT2D eigenvalue weighted by atomic mass is 19.1. The molecule has 1 unspecified atom stereocenters. The number of guanidine groups is 1. The minimum absolute atomic E-state index is 0.0950. The van der Waals surface area contributed by atoms with Gasteiger partial charge in [-0.25, -0.2) is 4.39 Å². The molecule has 0 saturated heterocycles. The van der Waals surface area contributed by atoms with E-state index in [0.717, 1.165) is 12.1 Å². The van der Waals surface area contributed by atoms with Crippen molar-refractivity contribution in [3.63, 3.8) is 0 Å². The first-order chi connectivity index (χ1) is 11.2.